The molecule has 0 radical (unpaired) electrons. The second-order valence-corrected chi connectivity index (χ2v) is 9.19. The zero-order chi connectivity index (χ0) is 16.4. The lowest BCUT2D eigenvalue weighted by Crippen LogP contribution is -2.27. The van der Waals surface area contributed by atoms with Crippen molar-refractivity contribution in [2.45, 2.75) is 46.0 Å². The van der Waals surface area contributed by atoms with E-state index >= 15 is 0 Å². The molecule has 21 heavy (non-hydrogen) atoms. The molecule has 0 aromatic carbocycles. The molecule has 1 aromatic rings. The lowest BCUT2D eigenvalue weighted by atomic mass is 9.91. The number of anilines is 1. The molecule has 0 atom stereocenters. The summed E-state index contributed by atoms with van der Waals surface area (Å²) < 4.78 is 22.6. The smallest absolute Gasteiger partial charge is 0.149 e. The third-order valence-corrected chi connectivity index (χ3v) is 4.13. The normalized spacial score (nSPS) is 12.8. The number of sulfone groups is 1. The van der Waals surface area contributed by atoms with E-state index in [0.29, 0.717) is 6.54 Å². The van der Waals surface area contributed by atoms with Crippen molar-refractivity contribution in [2.75, 3.05) is 30.5 Å². The van der Waals surface area contributed by atoms with Gasteiger partial charge in [0.2, 0.25) is 0 Å². The largest absolute Gasteiger partial charge is 0.359 e. The maximum Gasteiger partial charge on any atom is 0.149 e. The molecule has 0 aliphatic heterocycles. The Morgan fingerprint density at radius 3 is 2.24 bits per heavy atom. The van der Waals surface area contributed by atoms with Gasteiger partial charge >= 0.3 is 0 Å². The summed E-state index contributed by atoms with van der Waals surface area (Å²) in [6.45, 7) is 10.9. The van der Waals surface area contributed by atoms with Gasteiger partial charge in [-0.2, -0.15) is 0 Å². The molecule has 120 valence electrons. The lowest BCUT2D eigenvalue weighted by Gasteiger charge is -2.24. The van der Waals surface area contributed by atoms with Gasteiger partial charge in [-0.15, -0.1) is 0 Å². The third-order valence-electron chi connectivity index (χ3n) is 3.20. The summed E-state index contributed by atoms with van der Waals surface area (Å²) in [4.78, 5) is 11.1. The van der Waals surface area contributed by atoms with Gasteiger partial charge in [0.1, 0.15) is 21.5 Å². The van der Waals surface area contributed by atoms with Gasteiger partial charge in [0.05, 0.1) is 11.4 Å². The summed E-state index contributed by atoms with van der Waals surface area (Å²) >= 11 is 0. The minimum atomic E-state index is -2.98. The van der Waals surface area contributed by atoms with E-state index in [1.165, 1.54) is 6.26 Å². The van der Waals surface area contributed by atoms with Gasteiger partial charge in [-0.1, -0.05) is 34.6 Å². The average molecular weight is 313 g/mol. The number of rotatable bonds is 5. The summed E-state index contributed by atoms with van der Waals surface area (Å²) in [5.41, 5.74) is 0.904. The fourth-order valence-corrected chi connectivity index (χ4v) is 2.31. The molecule has 0 unspecified atom stereocenters. The van der Waals surface area contributed by atoms with Crippen LogP contribution >= 0.6 is 0 Å². The van der Waals surface area contributed by atoms with E-state index < -0.39 is 9.84 Å². The zero-order valence-corrected chi connectivity index (χ0v) is 15.0. The summed E-state index contributed by atoms with van der Waals surface area (Å²) in [5.74, 6) is 1.93. The first-order valence-corrected chi connectivity index (χ1v) is 9.24. The van der Waals surface area contributed by atoms with Crippen LogP contribution in [0.3, 0.4) is 0 Å². The van der Waals surface area contributed by atoms with Crippen molar-refractivity contribution in [3.63, 3.8) is 0 Å². The van der Waals surface area contributed by atoms with Gasteiger partial charge < -0.3 is 4.90 Å². The van der Waals surface area contributed by atoms with Crippen molar-refractivity contribution in [3.05, 3.63) is 17.6 Å². The second kappa shape index (κ2) is 6.30. The molecule has 1 rings (SSSR count). The molecule has 1 aromatic heterocycles. The van der Waals surface area contributed by atoms with Crippen LogP contribution in [-0.4, -0.2) is 44.0 Å². The van der Waals surface area contributed by atoms with E-state index in [9.17, 15) is 8.42 Å². The van der Waals surface area contributed by atoms with Crippen LogP contribution in [0.5, 0.6) is 0 Å². The number of hydrogen-bond donors (Lipinski definition) is 0. The highest BCUT2D eigenvalue weighted by molar-refractivity contribution is 7.90. The van der Waals surface area contributed by atoms with Crippen molar-refractivity contribution < 1.29 is 8.42 Å². The van der Waals surface area contributed by atoms with Gasteiger partial charge in [0.15, 0.2) is 0 Å². The van der Waals surface area contributed by atoms with Crippen molar-refractivity contribution in [1.82, 2.24) is 9.97 Å². The lowest BCUT2D eigenvalue weighted by molar-refractivity contribution is 0.557. The van der Waals surface area contributed by atoms with E-state index in [-0.39, 0.29) is 17.1 Å². The van der Waals surface area contributed by atoms with Crippen LogP contribution in [0.25, 0.3) is 0 Å². The van der Waals surface area contributed by atoms with Gasteiger partial charge in [0.25, 0.3) is 0 Å². The van der Waals surface area contributed by atoms with E-state index in [1.54, 1.807) is 0 Å². The van der Waals surface area contributed by atoms with Crippen molar-refractivity contribution in [2.24, 2.45) is 0 Å². The van der Waals surface area contributed by atoms with Crippen molar-refractivity contribution in [1.29, 1.82) is 0 Å². The molecule has 1 heterocycles. The molecule has 0 N–H and O–H groups in total. The molecule has 0 saturated carbocycles. The van der Waals surface area contributed by atoms with Crippen LogP contribution in [0.15, 0.2) is 6.07 Å². The van der Waals surface area contributed by atoms with Crippen LogP contribution in [0, 0.1) is 0 Å². The van der Waals surface area contributed by atoms with Crippen LogP contribution in [0.4, 0.5) is 5.82 Å². The second-order valence-electron chi connectivity index (χ2n) is 6.93. The van der Waals surface area contributed by atoms with Crippen LogP contribution in [0.1, 0.15) is 52.1 Å². The van der Waals surface area contributed by atoms with Gasteiger partial charge in [-0.3, -0.25) is 0 Å². The fourth-order valence-electron chi connectivity index (χ4n) is 1.71. The van der Waals surface area contributed by atoms with E-state index in [0.717, 1.165) is 17.3 Å². The van der Waals surface area contributed by atoms with E-state index in [2.05, 4.69) is 44.6 Å². The Morgan fingerprint density at radius 1 is 1.24 bits per heavy atom. The van der Waals surface area contributed by atoms with E-state index in [1.807, 2.05) is 18.0 Å². The Labute approximate surface area is 128 Å². The first-order valence-electron chi connectivity index (χ1n) is 7.18. The minimum Gasteiger partial charge on any atom is -0.359 e. The van der Waals surface area contributed by atoms with Crippen molar-refractivity contribution >= 4 is 15.7 Å². The molecule has 5 nitrogen and oxygen atoms in total. The predicted octanol–water partition coefficient (Wildman–Crippen LogP) is 2.38. The Bertz CT molecular complexity index is 589. The number of nitrogens with zero attached hydrogens (tertiary/aromatic N) is 3. The minimum absolute atomic E-state index is 0.0704. The topological polar surface area (TPSA) is 63.2 Å². The molecule has 0 bridgehead atoms. The molecule has 0 spiro atoms. The zero-order valence-electron chi connectivity index (χ0n) is 14.1. The summed E-state index contributed by atoms with van der Waals surface area (Å²) in [5, 5.41) is 0. The summed E-state index contributed by atoms with van der Waals surface area (Å²) in [6, 6.07) is 1.95. The SMILES string of the molecule is CC(C)c1nc(N(C)CCS(C)(=O)=O)cc(C(C)(C)C)n1. The fraction of sp³-hybridized carbons (Fsp3) is 0.733. The molecule has 0 saturated heterocycles. The van der Waals surface area contributed by atoms with Crippen LogP contribution in [-0.2, 0) is 15.3 Å². The van der Waals surface area contributed by atoms with Gasteiger partial charge in [-0.25, -0.2) is 18.4 Å². The maximum atomic E-state index is 11.3. The van der Waals surface area contributed by atoms with E-state index in [4.69, 9.17) is 0 Å². The molecular formula is C15H27N3O2S. The highest BCUT2D eigenvalue weighted by atomic mass is 32.2. The van der Waals surface area contributed by atoms with Gasteiger partial charge in [-0.05, 0) is 0 Å². The molecule has 0 fully saturated rings. The Kier molecular flexibility index (Phi) is 5.36. The average Bonchev–Trinajstić information content (AvgIpc) is 2.33. The highest BCUT2D eigenvalue weighted by Gasteiger charge is 2.20. The summed E-state index contributed by atoms with van der Waals surface area (Å²) in [7, 11) is -1.11. The predicted molar refractivity (Wildman–Crippen MR) is 87.8 cm³/mol. The number of aromatic nitrogens is 2. The third kappa shape index (κ3) is 5.61. The quantitative estimate of drug-likeness (QED) is 0.835. The molecule has 0 aliphatic carbocycles. The molecule has 6 heteroatoms. The molecular weight excluding hydrogens is 286 g/mol. The van der Waals surface area contributed by atoms with Crippen LogP contribution in [0.2, 0.25) is 0 Å². The first kappa shape index (κ1) is 17.9. The maximum absolute atomic E-state index is 11.3. The van der Waals surface area contributed by atoms with Crippen LogP contribution < -0.4 is 4.90 Å². The van der Waals surface area contributed by atoms with Gasteiger partial charge in [0, 0.05) is 37.2 Å². The monoisotopic (exact) mass is 313 g/mol. The molecule has 0 aliphatic rings. The number of hydrogen-bond acceptors (Lipinski definition) is 5. The Morgan fingerprint density at radius 2 is 1.81 bits per heavy atom. The summed E-state index contributed by atoms with van der Waals surface area (Å²) in [6.07, 6.45) is 1.25. The highest BCUT2D eigenvalue weighted by Crippen LogP contribution is 2.25. The van der Waals surface area contributed by atoms with Crippen molar-refractivity contribution in [3.8, 4) is 0 Å². The Balaban J connectivity index is 3.13. The Hall–Kier alpha value is -1.17. The standard InChI is InChI=1S/C15H27N3O2S/c1-11(2)14-16-12(15(3,4)5)10-13(17-14)18(6)8-9-21(7,19)20/h10-11H,8-9H2,1-7H3. The first-order chi connectivity index (χ1) is 9.40. The molecule has 0 amide bonds.